The van der Waals surface area contributed by atoms with Gasteiger partial charge in [-0.25, -0.2) is 4.68 Å². The molecule has 2 N–H and O–H groups in total. The Hall–Kier alpha value is -3.08. The smallest absolute Gasteiger partial charge is 0.196 e. The fraction of sp³-hybridized carbons (Fsp3) is 0.158. The highest BCUT2D eigenvalue weighted by Crippen LogP contribution is 2.27. The summed E-state index contributed by atoms with van der Waals surface area (Å²) in [7, 11) is 0. The van der Waals surface area contributed by atoms with E-state index in [1.165, 1.54) is 5.56 Å². The highest BCUT2D eigenvalue weighted by atomic mass is 15.3. The SMILES string of the molecule is Cc1nn(-c2ccccc2-c2ccccc2)cc1NC1=NCCN1. The number of nitrogens with zero attached hydrogens (tertiary/aromatic N) is 3. The van der Waals surface area contributed by atoms with Crippen LogP contribution in [0.5, 0.6) is 0 Å². The molecule has 2 heterocycles. The molecule has 5 heteroatoms. The van der Waals surface area contributed by atoms with Crippen molar-refractivity contribution in [1.29, 1.82) is 0 Å². The fourth-order valence-electron chi connectivity index (χ4n) is 2.85. The molecule has 4 rings (SSSR count). The van der Waals surface area contributed by atoms with Crippen LogP contribution in [0.15, 0.2) is 65.8 Å². The van der Waals surface area contributed by atoms with Crippen LogP contribution in [0, 0.1) is 6.92 Å². The zero-order valence-corrected chi connectivity index (χ0v) is 13.5. The lowest BCUT2D eigenvalue weighted by Crippen LogP contribution is -2.26. The van der Waals surface area contributed by atoms with Crippen LogP contribution in [-0.2, 0) is 0 Å². The Morgan fingerprint density at radius 3 is 2.62 bits per heavy atom. The van der Waals surface area contributed by atoms with Gasteiger partial charge in [-0.2, -0.15) is 5.10 Å². The van der Waals surface area contributed by atoms with E-state index in [1.807, 2.05) is 29.9 Å². The van der Waals surface area contributed by atoms with Crippen molar-refractivity contribution in [3.8, 4) is 16.8 Å². The van der Waals surface area contributed by atoms with E-state index in [2.05, 4.69) is 63.2 Å². The first-order valence-corrected chi connectivity index (χ1v) is 8.08. The summed E-state index contributed by atoms with van der Waals surface area (Å²) in [4.78, 5) is 4.38. The van der Waals surface area contributed by atoms with Gasteiger partial charge in [0.15, 0.2) is 5.96 Å². The largest absolute Gasteiger partial charge is 0.354 e. The van der Waals surface area contributed by atoms with Gasteiger partial charge in [0.1, 0.15) is 0 Å². The van der Waals surface area contributed by atoms with Crippen LogP contribution in [-0.4, -0.2) is 28.8 Å². The molecular formula is C19H19N5. The minimum absolute atomic E-state index is 0.812. The summed E-state index contributed by atoms with van der Waals surface area (Å²) in [5.74, 6) is 0.814. The van der Waals surface area contributed by atoms with Crippen LogP contribution >= 0.6 is 0 Å². The monoisotopic (exact) mass is 317 g/mol. The molecule has 0 saturated heterocycles. The number of aryl methyl sites for hydroxylation is 1. The third-order valence-electron chi connectivity index (χ3n) is 4.06. The molecule has 0 aliphatic carbocycles. The second-order valence-electron chi connectivity index (χ2n) is 5.74. The van der Waals surface area contributed by atoms with Gasteiger partial charge in [-0.1, -0.05) is 48.5 Å². The van der Waals surface area contributed by atoms with Gasteiger partial charge in [0.2, 0.25) is 0 Å². The zero-order chi connectivity index (χ0) is 16.4. The normalized spacial score (nSPS) is 13.5. The van der Waals surface area contributed by atoms with E-state index in [0.717, 1.165) is 41.7 Å². The Morgan fingerprint density at radius 2 is 1.83 bits per heavy atom. The Morgan fingerprint density at radius 1 is 1.04 bits per heavy atom. The maximum atomic E-state index is 4.68. The number of hydrogen-bond donors (Lipinski definition) is 2. The van der Waals surface area contributed by atoms with E-state index < -0.39 is 0 Å². The molecule has 0 amide bonds. The molecule has 24 heavy (non-hydrogen) atoms. The average Bonchev–Trinajstić information content (AvgIpc) is 3.26. The van der Waals surface area contributed by atoms with Gasteiger partial charge in [0.05, 0.1) is 29.8 Å². The lowest BCUT2D eigenvalue weighted by atomic mass is 10.0. The molecule has 0 spiro atoms. The second kappa shape index (κ2) is 6.20. The third-order valence-corrected chi connectivity index (χ3v) is 4.06. The Balaban J connectivity index is 1.72. The van der Waals surface area contributed by atoms with Crippen LogP contribution in [0.1, 0.15) is 5.69 Å². The molecule has 1 aliphatic heterocycles. The van der Waals surface area contributed by atoms with Crippen LogP contribution in [0.2, 0.25) is 0 Å². The standard InChI is InChI=1S/C19H19N5/c1-14-17(22-19-20-11-12-21-19)13-24(23-14)18-10-6-5-9-16(18)15-7-3-2-4-8-15/h2-10,13H,11-12H2,1H3,(H2,20,21,22). The molecule has 0 bridgehead atoms. The van der Waals surface area contributed by atoms with E-state index in [4.69, 9.17) is 0 Å². The predicted molar refractivity (Wildman–Crippen MR) is 97.7 cm³/mol. The molecule has 2 aromatic carbocycles. The van der Waals surface area contributed by atoms with E-state index >= 15 is 0 Å². The number of benzene rings is 2. The summed E-state index contributed by atoms with van der Waals surface area (Å²) in [6, 6.07) is 18.7. The van der Waals surface area contributed by atoms with Gasteiger partial charge in [0, 0.05) is 12.1 Å². The van der Waals surface area contributed by atoms with Gasteiger partial charge < -0.3 is 10.6 Å². The molecular weight excluding hydrogens is 298 g/mol. The summed E-state index contributed by atoms with van der Waals surface area (Å²) >= 11 is 0. The minimum Gasteiger partial charge on any atom is -0.354 e. The van der Waals surface area contributed by atoms with Gasteiger partial charge >= 0.3 is 0 Å². The van der Waals surface area contributed by atoms with Crippen LogP contribution in [0.3, 0.4) is 0 Å². The van der Waals surface area contributed by atoms with Crippen molar-refractivity contribution in [1.82, 2.24) is 15.1 Å². The quantitative estimate of drug-likeness (QED) is 0.780. The Labute approximate surface area is 141 Å². The molecule has 0 unspecified atom stereocenters. The number of rotatable bonds is 3. The van der Waals surface area contributed by atoms with Crippen LogP contribution in [0.4, 0.5) is 5.69 Å². The summed E-state index contributed by atoms with van der Waals surface area (Å²) in [6.07, 6.45) is 2.01. The maximum absolute atomic E-state index is 4.68. The number of anilines is 1. The lowest BCUT2D eigenvalue weighted by Gasteiger charge is -2.09. The average molecular weight is 317 g/mol. The molecule has 0 radical (unpaired) electrons. The highest BCUT2D eigenvalue weighted by molar-refractivity contribution is 5.95. The van der Waals surface area contributed by atoms with Gasteiger partial charge in [-0.3, -0.25) is 4.99 Å². The molecule has 1 aliphatic rings. The molecule has 1 aromatic heterocycles. The number of aliphatic imine (C=N–C) groups is 1. The number of guanidine groups is 1. The zero-order valence-electron chi connectivity index (χ0n) is 13.5. The van der Waals surface area contributed by atoms with Crippen molar-refractivity contribution >= 4 is 11.6 Å². The predicted octanol–water partition coefficient (Wildman–Crippen LogP) is 3.22. The van der Waals surface area contributed by atoms with Crippen LogP contribution < -0.4 is 10.6 Å². The van der Waals surface area contributed by atoms with Crippen molar-refractivity contribution in [2.45, 2.75) is 6.92 Å². The summed E-state index contributed by atoms with van der Waals surface area (Å²) in [5.41, 5.74) is 5.29. The van der Waals surface area contributed by atoms with Gasteiger partial charge in [-0.15, -0.1) is 0 Å². The maximum Gasteiger partial charge on any atom is 0.196 e. The van der Waals surface area contributed by atoms with E-state index in [1.54, 1.807) is 0 Å². The summed E-state index contributed by atoms with van der Waals surface area (Å²) < 4.78 is 1.93. The van der Waals surface area contributed by atoms with Crippen molar-refractivity contribution in [2.75, 3.05) is 18.4 Å². The van der Waals surface area contributed by atoms with E-state index in [-0.39, 0.29) is 0 Å². The van der Waals surface area contributed by atoms with Crippen molar-refractivity contribution in [3.63, 3.8) is 0 Å². The first-order valence-electron chi connectivity index (χ1n) is 8.08. The Kier molecular flexibility index (Phi) is 3.75. The fourth-order valence-corrected chi connectivity index (χ4v) is 2.85. The molecule has 0 atom stereocenters. The first kappa shape index (κ1) is 14.5. The molecule has 0 saturated carbocycles. The molecule has 3 aromatic rings. The van der Waals surface area contributed by atoms with Gasteiger partial charge in [0.25, 0.3) is 0 Å². The molecule has 120 valence electrons. The molecule has 5 nitrogen and oxygen atoms in total. The summed E-state index contributed by atoms with van der Waals surface area (Å²) in [6.45, 7) is 3.69. The Bertz CT molecular complexity index is 880. The third kappa shape index (κ3) is 2.76. The second-order valence-corrected chi connectivity index (χ2v) is 5.74. The van der Waals surface area contributed by atoms with Crippen molar-refractivity contribution in [2.24, 2.45) is 4.99 Å². The van der Waals surface area contributed by atoms with E-state index in [0.29, 0.717) is 0 Å². The van der Waals surface area contributed by atoms with Crippen LogP contribution in [0.25, 0.3) is 16.8 Å². The number of para-hydroxylation sites is 1. The van der Waals surface area contributed by atoms with E-state index in [9.17, 15) is 0 Å². The number of nitrogens with one attached hydrogen (secondary N) is 2. The summed E-state index contributed by atoms with van der Waals surface area (Å²) in [5, 5.41) is 11.2. The molecule has 0 fully saturated rings. The topological polar surface area (TPSA) is 54.2 Å². The van der Waals surface area contributed by atoms with Crippen molar-refractivity contribution < 1.29 is 0 Å². The minimum atomic E-state index is 0.812. The van der Waals surface area contributed by atoms with Crippen molar-refractivity contribution in [3.05, 3.63) is 66.5 Å². The van der Waals surface area contributed by atoms with Gasteiger partial charge in [-0.05, 0) is 18.6 Å². The number of hydrogen-bond acceptors (Lipinski definition) is 4. The first-order chi connectivity index (χ1) is 11.8. The lowest BCUT2D eigenvalue weighted by molar-refractivity contribution is 0.864. The highest BCUT2D eigenvalue weighted by Gasteiger charge is 2.13. The number of aromatic nitrogens is 2.